The quantitative estimate of drug-likeness (QED) is 0.0788. The van der Waals surface area contributed by atoms with Gasteiger partial charge < -0.3 is 36.7 Å². The molecule has 0 aromatic carbocycles. The number of aliphatic carboxylic acids is 1. The second-order valence-corrected chi connectivity index (χ2v) is 9.32. The van der Waals surface area contributed by atoms with Crippen LogP contribution in [0, 0.1) is 0 Å². The number of carboxylic acids is 1. The standard InChI is InChI=1S/C18H20ClN7O11S/c19-14-12(23-17(20)38-14)13(24-36-3-6-1-8(27)9(28)2-25(6)34)15(31)22-11-7(4-35-18(21)33)26(16(11)32)37-5-10(29)30/h6-7,11,34H,1-5H2,(H2,20,23)(H2,21,33)(H,22,31)(H,29,30)/t6?,7-,11+/m1/s1. The van der Waals surface area contributed by atoms with E-state index in [4.69, 9.17) is 37.8 Å². The SMILES string of the molecule is NC(=O)OC[C@@H]1[C@H](NC(=O)C(=NOCC2CC(=O)C(=O)CN2O)c2nc(N)sc2Cl)C(=O)N1OCC(=O)O. The maximum atomic E-state index is 13.1. The normalized spacial score (nSPS) is 22.2. The molecular formula is C18H20ClN7O11S. The summed E-state index contributed by atoms with van der Waals surface area (Å²) in [5.41, 5.74) is 9.79. The van der Waals surface area contributed by atoms with Crippen LogP contribution >= 0.6 is 22.9 Å². The highest BCUT2D eigenvalue weighted by Crippen LogP contribution is 2.27. The number of anilines is 1. The Kier molecular flexibility index (Phi) is 9.12. The molecule has 2 aliphatic heterocycles. The number of carbonyl (C=O) groups is 6. The lowest BCUT2D eigenvalue weighted by molar-refractivity contribution is -0.240. The summed E-state index contributed by atoms with van der Waals surface area (Å²) in [6, 6.07) is -3.50. The minimum absolute atomic E-state index is 0.0378. The molecule has 206 valence electrons. The number of oxime groups is 1. The van der Waals surface area contributed by atoms with Crippen molar-refractivity contribution < 1.29 is 53.5 Å². The number of carboxylic acid groups (broad SMARTS) is 1. The number of hydrogen-bond donors (Lipinski definition) is 5. The molecule has 2 aliphatic rings. The Morgan fingerprint density at radius 2 is 1.95 bits per heavy atom. The second kappa shape index (κ2) is 12.1. The minimum atomic E-state index is -1.40. The number of carbonyl (C=O) groups excluding carboxylic acids is 5. The van der Waals surface area contributed by atoms with Gasteiger partial charge in [-0.15, -0.1) is 0 Å². The summed E-state index contributed by atoms with van der Waals surface area (Å²) in [7, 11) is 0. The fourth-order valence-corrected chi connectivity index (χ4v) is 4.22. The van der Waals surface area contributed by atoms with E-state index in [1.54, 1.807) is 0 Å². The van der Waals surface area contributed by atoms with Gasteiger partial charge in [-0.1, -0.05) is 28.1 Å². The highest BCUT2D eigenvalue weighted by molar-refractivity contribution is 7.19. The summed E-state index contributed by atoms with van der Waals surface area (Å²) in [6.07, 6.45) is -1.56. The second-order valence-electron chi connectivity index (χ2n) is 7.69. The summed E-state index contributed by atoms with van der Waals surface area (Å²) in [5.74, 6) is -4.84. The van der Waals surface area contributed by atoms with E-state index in [2.05, 4.69) is 20.2 Å². The third kappa shape index (κ3) is 6.69. The number of ketones is 2. The number of nitrogens with zero attached hydrogens (tertiary/aromatic N) is 4. The minimum Gasteiger partial charge on any atom is -0.479 e. The molecule has 3 atom stereocenters. The van der Waals surface area contributed by atoms with Gasteiger partial charge in [-0.2, -0.15) is 5.06 Å². The van der Waals surface area contributed by atoms with E-state index < -0.39 is 85.6 Å². The number of thiazole rings is 1. The van der Waals surface area contributed by atoms with Gasteiger partial charge >= 0.3 is 12.1 Å². The van der Waals surface area contributed by atoms with Crippen LogP contribution in [0.25, 0.3) is 0 Å². The molecule has 20 heteroatoms. The molecule has 2 saturated heterocycles. The van der Waals surface area contributed by atoms with Gasteiger partial charge in [-0.05, 0) is 0 Å². The van der Waals surface area contributed by atoms with Crippen LogP contribution in [-0.4, -0.2) is 111 Å². The number of piperidine rings is 1. The maximum Gasteiger partial charge on any atom is 0.404 e. The lowest BCUT2D eigenvalue weighted by Crippen LogP contribution is -2.72. The smallest absolute Gasteiger partial charge is 0.404 e. The summed E-state index contributed by atoms with van der Waals surface area (Å²) in [4.78, 5) is 84.4. The zero-order chi connectivity index (χ0) is 28.1. The Balaban J connectivity index is 1.77. The zero-order valence-electron chi connectivity index (χ0n) is 19.1. The first kappa shape index (κ1) is 28.7. The molecule has 0 bridgehead atoms. The van der Waals surface area contributed by atoms with Gasteiger partial charge in [0.25, 0.3) is 11.8 Å². The van der Waals surface area contributed by atoms with Crippen LogP contribution in [0.2, 0.25) is 4.34 Å². The first-order valence-corrected chi connectivity index (χ1v) is 11.6. The first-order valence-electron chi connectivity index (χ1n) is 10.4. The molecule has 0 spiro atoms. The highest BCUT2D eigenvalue weighted by atomic mass is 35.5. The third-order valence-electron chi connectivity index (χ3n) is 5.10. The number of rotatable bonds is 11. The number of halogens is 1. The van der Waals surface area contributed by atoms with E-state index in [-0.39, 0.29) is 21.6 Å². The van der Waals surface area contributed by atoms with Crippen molar-refractivity contribution in [2.45, 2.75) is 24.5 Å². The van der Waals surface area contributed by atoms with Crippen molar-refractivity contribution >= 4 is 69.2 Å². The number of nitrogen functional groups attached to an aromatic ring is 1. The number of primary amides is 1. The van der Waals surface area contributed by atoms with Gasteiger partial charge in [0, 0.05) is 6.42 Å². The Labute approximate surface area is 220 Å². The Morgan fingerprint density at radius 1 is 1.24 bits per heavy atom. The highest BCUT2D eigenvalue weighted by Gasteiger charge is 2.51. The van der Waals surface area contributed by atoms with Crippen molar-refractivity contribution in [1.82, 2.24) is 20.4 Å². The van der Waals surface area contributed by atoms with Crippen molar-refractivity contribution in [3.8, 4) is 0 Å². The number of aromatic nitrogens is 1. The monoisotopic (exact) mass is 577 g/mol. The molecule has 3 amide bonds. The third-order valence-corrected chi connectivity index (χ3v) is 6.19. The number of nitrogens with one attached hydrogen (secondary N) is 1. The molecule has 0 aliphatic carbocycles. The summed E-state index contributed by atoms with van der Waals surface area (Å²) < 4.78 is 4.58. The molecule has 3 rings (SSSR count). The van der Waals surface area contributed by atoms with Crippen LogP contribution in [0.15, 0.2) is 5.16 Å². The van der Waals surface area contributed by atoms with E-state index in [1.165, 1.54) is 0 Å². The molecule has 7 N–H and O–H groups in total. The first-order chi connectivity index (χ1) is 17.9. The Morgan fingerprint density at radius 3 is 2.55 bits per heavy atom. The van der Waals surface area contributed by atoms with E-state index in [1.807, 2.05) is 0 Å². The predicted molar refractivity (Wildman–Crippen MR) is 123 cm³/mol. The van der Waals surface area contributed by atoms with Gasteiger partial charge in [0.05, 0.1) is 12.6 Å². The van der Waals surface area contributed by atoms with Crippen molar-refractivity contribution in [2.75, 3.05) is 32.1 Å². The summed E-state index contributed by atoms with van der Waals surface area (Å²) in [5, 5.41) is 25.8. The van der Waals surface area contributed by atoms with Crippen molar-refractivity contribution in [3.05, 3.63) is 10.0 Å². The molecule has 0 saturated carbocycles. The van der Waals surface area contributed by atoms with E-state index >= 15 is 0 Å². The Bertz CT molecular complexity index is 1190. The van der Waals surface area contributed by atoms with Crippen LogP contribution in [0.4, 0.5) is 9.93 Å². The Hall–Kier alpha value is -3.91. The van der Waals surface area contributed by atoms with Gasteiger partial charge in [0.1, 0.15) is 35.3 Å². The molecule has 3 heterocycles. The van der Waals surface area contributed by atoms with E-state index in [0.29, 0.717) is 10.1 Å². The fourth-order valence-electron chi connectivity index (χ4n) is 3.29. The lowest BCUT2D eigenvalue weighted by Gasteiger charge is -2.44. The lowest BCUT2D eigenvalue weighted by atomic mass is 9.98. The summed E-state index contributed by atoms with van der Waals surface area (Å²) >= 11 is 6.90. The van der Waals surface area contributed by atoms with Gasteiger partial charge in [0.2, 0.25) is 11.6 Å². The van der Waals surface area contributed by atoms with Crippen molar-refractivity contribution in [3.63, 3.8) is 0 Å². The fraction of sp³-hybridized carbons (Fsp3) is 0.444. The average molecular weight is 578 g/mol. The summed E-state index contributed by atoms with van der Waals surface area (Å²) in [6.45, 7) is -2.43. The zero-order valence-corrected chi connectivity index (χ0v) is 20.6. The van der Waals surface area contributed by atoms with Crippen LogP contribution < -0.4 is 16.8 Å². The molecule has 1 aromatic heterocycles. The number of β-lactam (4-membered cyclic amide) rings is 1. The molecule has 38 heavy (non-hydrogen) atoms. The van der Waals surface area contributed by atoms with Crippen molar-refractivity contribution in [2.24, 2.45) is 10.9 Å². The number of hydroxylamine groups is 4. The van der Waals surface area contributed by atoms with Crippen LogP contribution in [0.1, 0.15) is 12.1 Å². The van der Waals surface area contributed by atoms with Gasteiger partial charge in [-0.3, -0.25) is 24.0 Å². The molecule has 1 aromatic rings. The molecular weight excluding hydrogens is 558 g/mol. The number of amides is 3. The van der Waals surface area contributed by atoms with Crippen LogP contribution in [0.5, 0.6) is 0 Å². The van der Waals surface area contributed by atoms with E-state index in [9.17, 15) is 34.0 Å². The van der Waals surface area contributed by atoms with Crippen LogP contribution in [0.3, 0.4) is 0 Å². The maximum absolute atomic E-state index is 13.1. The largest absolute Gasteiger partial charge is 0.479 e. The predicted octanol–water partition coefficient (Wildman–Crippen LogP) is -2.49. The molecule has 1 unspecified atom stereocenters. The molecule has 18 nitrogen and oxygen atoms in total. The molecule has 2 fully saturated rings. The van der Waals surface area contributed by atoms with Crippen LogP contribution in [-0.2, 0) is 38.4 Å². The number of ether oxygens (including phenoxy) is 1. The van der Waals surface area contributed by atoms with Crippen molar-refractivity contribution in [1.29, 1.82) is 0 Å². The number of nitrogens with two attached hydrogens (primary N) is 2. The average Bonchev–Trinajstić information content (AvgIpc) is 3.17. The van der Waals surface area contributed by atoms with Gasteiger partial charge in [-0.25, -0.2) is 19.6 Å². The van der Waals surface area contributed by atoms with E-state index in [0.717, 1.165) is 11.3 Å². The number of Topliss-reactive ketones (excluding diaryl/α,β-unsaturated/α-hetero) is 2. The molecule has 0 radical (unpaired) electrons. The van der Waals surface area contributed by atoms with Gasteiger partial charge in [0.15, 0.2) is 17.5 Å². The number of hydrogen-bond acceptors (Lipinski definition) is 15. The topological polar surface area (TPSA) is 266 Å².